The summed E-state index contributed by atoms with van der Waals surface area (Å²) in [5.74, 6) is 0.692. The van der Waals surface area contributed by atoms with Crippen molar-refractivity contribution in [3.8, 4) is 0 Å². The topological polar surface area (TPSA) is 58.4 Å². The van der Waals surface area contributed by atoms with Crippen molar-refractivity contribution in [3.63, 3.8) is 0 Å². The summed E-state index contributed by atoms with van der Waals surface area (Å²) >= 11 is 0. The van der Waals surface area contributed by atoms with E-state index < -0.39 is 0 Å². The van der Waals surface area contributed by atoms with E-state index in [0.29, 0.717) is 24.9 Å². The lowest BCUT2D eigenvalue weighted by atomic mass is 9.76. The van der Waals surface area contributed by atoms with Crippen LogP contribution in [-0.2, 0) is 4.79 Å². The molecule has 0 radical (unpaired) electrons. The first-order valence-corrected chi connectivity index (χ1v) is 8.44. The lowest BCUT2D eigenvalue weighted by Gasteiger charge is -2.30. The molecule has 2 atom stereocenters. The Morgan fingerprint density at radius 3 is 2.43 bits per heavy atom. The Labute approximate surface area is 130 Å². The van der Waals surface area contributed by atoms with Gasteiger partial charge in [-0.25, -0.2) is 0 Å². The largest absolute Gasteiger partial charge is 0.355 e. The Bertz CT molecular complexity index is 320. The van der Waals surface area contributed by atoms with Crippen LogP contribution in [0.4, 0.5) is 0 Å². The fourth-order valence-electron chi connectivity index (χ4n) is 2.85. The fraction of sp³-hybridized carbons (Fsp3) is 0.941. The molecule has 2 unspecified atom stereocenters. The molecule has 0 aromatic heterocycles. The third kappa shape index (κ3) is 6.79. The van der Waals surface area contributed by atoms with Crippen molar-refractivity contribution in [1.82, 2.24) is 10.2 Å². The molecule has 1 aliphatic carbocycles. The molecule has 4 nitrogen and oxygen atoms in total. The predicted molar refractivity (Wildman–Crippen MR) is 89.1 cm³/mol. The standard InChI is InChI=1S/C17H35N3O/c1-13(20(5)15-7-8-15)12-19-16(21)9-6-14(10-11-18)17(2,3)4/h13-15H,6-12,18H2,1-5H3,(H,19,21). The van der Waals surface area contributed by atoms with Gasteiger partial charge in [-0.1, -0.05) is 20.8 Å². The van der Waals surface area contributed by atoms with Crippen LogP contribution in [0.1, 0.15) is 59.8 Å². The maximum absolute atomic E-state index is 12.0. The normalized spacial score (nSPS) is 18.6. The number of rotatable bonds is 9. The predicted octanol–water partition coefficient (Wildman–Crippen LogP) is 2.38. The highest BCUT2D eigenvalue weighted by Crippen LogP contribution is 2.32. The van der Waals surface area contributed by atoms with Gasteiger partial charge in [-0.05, 0) is 57.5 Å². The minimum Gasteiger partial charge on any atom is -0.355 e. The van der Waals surface area contributed by atoms with Gasteiger partial charge in [0.2, 0.25) is 5.91 Å². The summed E-state index contributed by atoms with van der Waals surface area (Å²) in [6.45, 7) is 10.3. The molecule has 3 N–H and O–H groups in total. The van der Waals surface area contributed by atoms with E-state index in [4.69, 9.17) is 5.73 Å². The minimum atomic E-state index is 0.178. The second kappa shape index (κ2) is 8.14. The molecule has 124 valence electrons. The fourth-order valence-corrected chi connectivity index (χ4v) is 2.85. The molecule has 0 heterocycles. The zero-order valence-electron chi connectivity index (χ0n) is 14.6. The smallest absolute Gasteiger partial charge is 0.220 e. The van der Waals surface area contributed by atoms with Gasteiger partial charge in [0.05, 0.1) is 0 Å². The molecule has 21 heavy (non-hydrogen) atoms. The van der Waals surface area contributed by atoms with Gasteiger partial charge in [0, 0.05) is 25.0 Å². The summed E-state index contributed by atoms with van der Waals surface area (Å²) < 4.78 is 0. The molecule has 1 amide bonds. The SMILES string of the molecule is CC(CNC(=O)CCC(CCN)C(C)(C)C)N(C)C1CC1. The Hall–Kier alpha value is -0.610. The molecular weight excluding hydrogens is 262 g/mol. The van der Waals surface area contributed by atoms with Crippen molar-refractivity contribution < 1.29 is 4.79 Å². The van der Waals surface area contributed by atoms with Crippen molar-refractivity contribution in [2.24, 2.45) is 17.1 Å². The number of amides is 1. The Kier molecular flexibility index (Phi) is 7.14. The highest BCUT2D eigenvalue weighted by Gasteiger charge is 2.29. The van der Waals surface area contributed by atoms with Crippen molar-refractivity contribution in [1.29, 1.82) is 0 Å². The summed E-state index contributed by atoms with van der Waals surface area (Å²) in [4.78, 5) is 14.4. The summed E-state index contributed by atoms with van der Waals surface area (Å²) in [6, 6.07) is 1.16. The number of carbonyl (C=O) groups is 1. The molecule has 0 spiro atoms. The Morgan fingerprint density at radius 1 is 1.33 bits per heavy atom. The molecular formula is C17H35N3O. The quantitative estimate of drug-likeness (QED) is 0.687. The van der Waals surface area contributed by atoms with Crippen molar-refractivity contribution in [3.05, 3.63) is 0 Å². The molecule has 0 aromatic rings. The van der Waals surface area contributed by atoms with Crippen LogP contribution in [0.2, 0.25) is 0 Å². The zero-order chi connectivity index (χ0) is 16.0. The van der Waals surface area contributed by atoms with E-state index in [-0.39, 0.29) is 11.3 Å². The van der Waals surface area contributed by atoms with E-state index >= 15 is 0 Å². The number of hydrogen-bond donors (Lipinski definition) is 2. The van der Waals surface area contributed by atoms with Gasteiger partial charge in [0.1, 0.15) is 0 Å². The van der Waals surface area contributed by atoms with Crippen molar-refractivity contribution in [2.45, 2.75) is 71.9 Å². The third-order valence-electron chi connectivity index (χ3n) is 4.87. The van der Waals surface area contributed by atoms with Crippen LogP contribution in [-0.4, -0.2) is 43.0 Å². The second-order valence-electron chi connectivity index (χ2n) is 7.73. The molecule has 0 saturated heterocycles. The lowest BCUT2D eigenvalue weighted by molar-refractivity contribution is -0.121. The van der Waals surface area contributed by atoms with E-state index in [1.165, 1.54) is 12.8 Å². The molecule has 0 aromatic carbocycles. The number of nitrogens with one attached hydrogen (secondary N) is 1. The summed E-state index contributed by atoms with van der Waals surface area (Å²) in [5.41, 5.74) is 5.91. The van der Waals surface area contributed by atoms with Crippen LogP contribution < -0.4 is 11.1 Å². The summed E-state index contributed by atoms with van der Waals surface area (Å²) in [7, 11) is 2.16. The van der Waals surface area contributed by atoms with Crippen molar-refractivity contribution in [2.75, 3.05) is 20.1 Å². The average Bonchev–Trinajstić information content (AvgIpc) is 3.22. The van der Waals surface area contributed by atoms with Gasteiger partial charge in [-0.3, -0.25) is 9.69 Å². The number of hydrogen-bond acceptors (Lipinski definition) is 3. The number of likely N-dealkylation sites (N-methyl/N-ethyl adjacent to an activating group) is 1. The molecule has 1 saturated carbocycles. The number of nitrogens with two attached hydrogens (primary N) is 1. The van der Waals surface area contributed by atoms with Crippen LogP contribution in [0.3, 0.4) is 0 Å². The average molecular weight is 297 g/mol. The second-order valence-corrected chi connectivity index (χ2v) is 7.73. The molecule has 0 aliphatic heterocycles. The zero-order valence-corrected chi connectivity index (χ0v) is 14.6. The van der Waals surface area contributed by atoms with Gasteiger partial charge in [0.15, 0.2) is 0 Å². The molecule has 4 heteroatoms. The van der Waals surface area contributed by atoms with E-state index in [1.54, 1.807) is 0 Å². The highest BCUT2D eigenvalue weighted by molar-refractivity contribution is 5.75. The molecule has 1 aliphatic rings. The van der Waals surface area contributed by atoms with E-state index in [2.05, 4.69) is 45.0 Å². The minimum absolute atomic E-state index is 0.178. The first kappa shape index (κ1) is 18.4. The molecule has 0 bridgehead atoms. The van der Waals surface area contributed by atoms with Crippen LogP contribution in [0, 0.1) is 11.3 Å². The van der Waals surface area contributed by atoms with Gasteiger partial charge >= 0.3 is 0 Å². The highest BCUT2D eigenvalue weighted by atomic mass is 16.1. The number of carbonyl (C=O) groups excluding carboxylic acids is 1. The van der Waals surface area contributed by atoms with Crippen LogP contribution in [0.5, 0.6) is 0 Å². The van der Waals surface area contributed by atoms with Gasteiger partial charge in [-0.2, -0.15) is 0 Å². The van der Waals surface area contributed by atoms with Crippen LogP contribution in [0.15, 0.2) is 0 Å². The Morgan fingerprint density at radius 2 is 1.95 bits per heavy atom. The summed E-state index contributed by atoms with van der Waals surface area (Å²) in [6.07, 6.45) is 5.15. The van der Waals surface area contributed by atoms with Crippen molar-refractivity contribution >= 4 is 5.91 Å². The Balaban J connectivity index is 2.25. The maximum atomic E-state index is 12.0. The molecule has 1 rings (SSSR count). The van der Waals surface area contributed by atoms with Crippen LogP contribution in [0.25, 0.3) is 0 Å². The first-order valence-electron chi connectivity index (χ1n) is 8.44. The van der Waals surface area contributed by atoms with Gasteiger partial charge in [-0.15, -0.1) is 0 Å². The monoisotopic (exact) mass is 297 g/mol. The number of nitrogens with zero attached hydrogens (tertiary/aromatic N) is 1. The van der Waals surface area contributed by atoms with E-state index in [1.807, 2.05) is 0 Å². The van der Waals surface area contributed by atoms with Gasteiger partial charge in [0.25, 0.3) is 0 Å². The first-order chi connectivity index (χ1) is 9.75. The lowest BCUT2D eigenvalue weighted by Crippen LogP contribution is -2.41. The maximum Gasteiger partial charge on any atom is 0.220 e. The van der Waals surface area contributed by atoms with Gasteiger partial charge < -0.3 is 11.1 Å². The third-order valence-corrected chi connectivity index (χ3v) is 4.87. The molecule has 1 fully saturated rings. The van der Waals surface area contributed by atoms with E-state index in [0.717, 1.165) is 25.4 Å². The van der Waals surface area contributed by atoms with Crippen LogP contribution >= 0.6 is 0 Å². The van der Waals surface area contributed by atoms with E-state index in [9.17, 15) is 4.79 Å². The summed E-state index contributed by atoms with van der Waals surface area (Å²) in [5, 5.41) is 3.08.